The highest BCUT2D eigenvalue weighted by Gasteiger charge is 2.23. The third kappa shape index (κ3) is 5.01. The van der Waals surface area contributed by atoms with Crippen molar-refractivity contribution in [2.75, 3.05) is 13.1 Å². The molecule has 15 heavy (non-hydrogen) atoms. The molecule has 0 amide bonds. The topological polar surface area (TPSA) is 12.0 Å². The lowest BCUT2D eigenvalue weighted by Crippen LogP contribution is -2.31. The highest BCUT2D eigenvalue weighted by atomic mass is 14.9. The monoisotopic (exact) mass is 211 g/mol. The smallest absolute Gasteiger partial charge is 0.00179 e. The predicted molar refractivity (Wildman–Crippen MR) is 68.1 cm³/mol. The highest BCUT2D eigenvalue weighted by molar-refractivity contribution is 4.77. The Hall–Kier alpha value is -0.0400. The minimum absolute atomic E-state index is 0.983. The summed E-state index contributed by atoms with van der Waals surface area (Å²) >= 11 is 0. The largest absolute Gasteiger partial charge is 0.316 e. The summed E-state index contributed by atoms with van der Waals surface area (Å²) in [4.78, 5) is 0. The molecule has 1 saturated carbocycles. The van der Waals surface area contributed by atoms with Gasteiger partial charge >= 0.3 is 0 Å². The molecule has 1 N–H and O–H groups in total. The molecule has 0 aliphatic heterocycles. The molecule has 1 aliphatic carbocycles. The molecule has 1 aliphatic rings. The van der Waals surface area contributed by atoms with Crippen LogP contribution in [0.4, 0.5) is 0 Å². The van der Waals surface area contributed by atoms with Crippen LogP contribution in [0.1, 0.15) is 65.2 Å². The summed E-state index contributed by atoms with van der Waals surface area (Å²) < 4.78 is 0. The summed E-state index contributed by atoms with van der Waals surface area (Å²) in [6.07, 6.45) is 11.5. The van der Waals surface area contributed by atoms with Gasteiger partial charge in [0.2, 0.25) is 0 Å². The van der Waals surface area contributed by atoms with Crippen LogP contribution in [0.25, 0.3) is 0 Å². The van der Waals surface area contributed by atoms with E-state index in [4.69, 9.17) is 0 Å². The number of hydrogen-bond acceptors (Lipinski definition) is 1. The van der Waals surface area contributed by atoms with E-state index < -0.39 is 0 Å². The first-order chi connectivity index (χ1) is 7.38. The van der Waals surface area contributed by atoms with Crippen molar-refractivity contribution in [1.29, 1.82) is 0 Å². The van der Waals surface area contributed by atoms with Crippen LogP contribution in [-0.4, -0.2) is 13.1 Å². The van der Waals surface area contributed by atoms with Gasteiger partial charge in [-0.25, -0.2) is 0 Å². The SMILES string of the molecule is CCCCC1CCCCC1CNCCC. The molecule has 1 rings (SSSR count). The number of unbranched alkanes of at least 4 members (excludes halogenated alkanes) is 1. The quantitative estimate of drug-likeness (QED) is 0.628. The molecule has 0 heterocycles. The first kappa shape index (κ1) is 13.0. The second-order valence-electron chi connectivity index (χ2n) is 5.15. The minimum Gasteiger partial charge on any atom is -0.316 e. The van der Waals surface area contributed by atoms with Crippen molar-refractivity contribution in [3.63, 3.8) is 0 Å². The van der Waals surface area contributed by atoms with Crippen molar-refractivity contribution < 1.29 is 0 Å². The van der Waals surface area contributed by atoms with Gasteiger partial charge in [-0.3, -0.25) is 0 Å². The van der Waals surface area contributed by atoms with E-state index >= 15 is 0 Å². The molecule has 0 saturated heterocycles. The van der Waals surface area contributed by atoms with Crippen LogP contribution in [0.3, 0.4) is 0 Å². The van der Waals surface area contributed by atoms with Gasteiger partial charge in [0.25, 0.3) is 0 Å². The standard InChI is InChI=1S/C14H29N/c1-3-5-8-13-9-6-7-10-14(13)12-15-11-4-2/h13-15H,3-12H2,1-2H3. The Morgan fingerprint density at radius 1 is 1.00 bits per heavy atom. The van der Waals surface area contributed by atoms with Crippen molar-refractivity contribution in [3.05, 3.63) is 0 Å². The van der Waals surface area contributed by atoms with Crippen molar-refractivity contribution in [2.24, 2.45) is 11.8 Å². The molecule has 2 unspecified atom stereocenters. The summed E-state index contributed by atoms with van der Waals surface area (Å²) in [7, 11) is 0. The zero-order chi connectivity index (χ0) is 10.9. The lowest BCUT2D eigenvalue weighted by atomic mass is 9.76. The molecule has 1 nitrogen and oxygen atoms in total. The van der Waals surface area contributed by atoms with E-state index in [9.17, 15) is 0 Å². The van der Waals surface area contributed by atoms with Gasteiger partial charge in [-0.05, 0) is 37.8 Å². The van der Waals surface area contributed by atoms with E-state index in [1.165, 1.54) is 64.5 Å². The van der Waals surface area contributed by atoms with Crippen LogP contribution >= 0.6 is 0 Å². The third-order valence-corrected chi connectivity index (χ3v) is 3.83. The second-order valence-corrected chi connectivity index (χ2v) is 5.15. The fourth-order valence-corrected chi connectivity index (χ4v) is 2.86. The summed E-state index contributed by atoms with van der Waals surface area (Å²) in [5.41, 5.74) is 0. The van der Waals surface area contributed by atoms with Crippen LogP contribution < -0.4 is 5.32 Å². The summed E-state index contributed by atoms with van der Waals surface area (Å²) in [6, 6.07) is 0. The third-order valence-electron chi connectivity index (χ3n) is 3.83. The molecule has 1 fully saturated rings. The van der Waals surface area contributed by atoms with E-state index in [-0.39, 0.29) is 0 Å². The van der Waals surface area contributed by atoms with Gasteiger partial charge in [0.15, 0.2) is 0 Å². The Morgan fingerprint density at radius 3 is 2.40 bits per heavy atom. The average Bonchev–Trinajstić information content (AvgIpc) is 2.28. The number of rotatable bonds is 7. The van der Waals surface area contributed by atoms with Gasteiger partial charge in [0.1, 0.15) is 0 Å². The van der Waals surface area contributed by atoms with Gasteiger partial charge < -0.3 is 5.32 Å². The molecule has 0 aromatic carbocycles. The molecular formula is C14H29N. The summed E-state index contributed by atoms with van der Waals surface area (Å²) in [5, 5.41) is 3.61. The molecular weight excluding hydrogens is 182 g/mol. The second kappa shape index (κ2) is 8.15. The van der Waals surface area contributed by atoms with E-state index in [1.807, 2.05) is 0 Å². The summed E-state index contributed by atoms with van der Waals surface area (Å²) in [6.45, 7) is 7.05. The Kier molecular flexibility index (Phi) is 7.08. The molecule has 0 radical (unpaired) electrons. The van der Waals surface area contributed by atoms with Crippen molar-refractivity contribution in [2.45, 2.75) is 65.2 Å². The van der Waals surface area contributed by atoms with Crippen molar-refractivity contribution >= 4 is 0 Å². The number of nitrogens with one attached hydrogen (secondary N) is 1. The Bertz CT molecular complexity index is 144. The van der Waals surface area contributed by atoms with E-state index in [2.05, 4.69) is 19.2 Å². The Morgan fingerprint density at radius 2 is 1.73 bits per heavy atom. The van der Waals surface area contributed by atoms with Crippen molar-refractivity contribution in [1.82, 2.24) is 5.32 Å². The maximum atomic E-state index is 3.61. The predicted octanol–water partition coefficient (Wildman–Crippen LogP) is 3.98. The summed E-state index contributed by atoms with van der Waals surface area (Å²) in [5.74, 6) is 2.01. The van der Waals surface area contributed by atoms with Gasteiger partial charge in [-0.15, -0.1) is 0 Å². The van der Waals surface area contributed by atoms with Crippen molar-refractivity contribution in [3.8, 4) is 0 Å². The molecule has 2 atom stereocenters. The zero-order valence-electron chi connectivity index (χ0n) is 10.7. The lowest BCUT2D eigenvalue weighted by molar-refractivity contribution is 0.214. The molecule has 0 aromatic heterocycles. The van der Waals surface area contributed by atoms with Crippen LogP contribution in [0.2, 0.25) is 0 Å². The fourth-order valence-electron chi connectivity index (χ4n) is 2.86. The Balaban J connectivity index is 2.22. The van der Waals surface area contributed by atoms with Crippen LogP contribution in [-0.2, 0) is 0 Å². The number of hydrogen-bond donors (Lipinski definition) is 1. The minimum atomic E-state index is 0.983. The highest BCUT2D eigenvalue weighted by Crippen LogP contribution is 2.33. The first-order valence-electron chi connectivity index (χ1n) is 7.09. The van der Waals surface area contributed by atoms with Gasteiger partial charge in [-0.2, -0.15) is 0 Å². The van der Waals surface area contributed by atoms with Gasteiger partial charge in [0.05, 0.1) is 0 Å². The maximum Gasteiger partial charge on any atom is -0.00179 e. The fraction of sp³-hybridized carbons (Fsp3) is 1.00. The van der Waals surface area contributed by atoms with Crippen LogP contribution in [0.5, 0.6) is 0 Å². The maximum absolute atomic E-state index is 3.61. The molecule has 0 aromatic rings. The van der Waals surface area contributed by atoms with E-state index in [1.54, 1.807) is 0 Å². The normalized spacial score (nSPS) is 26.8. The zero-order valence-corrected chi connectivity index (χ0v) is 10.7. The van der Waals surface area contributed by atoms with Gasteiger partial charge in [0, 0.05) is 0 Å². The molecule has 90 valence electrons. The van der Waals surface area contributed by atoms with E-state index in [0.29, 0.717) is 0 Å². The van der Waals surface area contributed by atoms with E-state index in [0.717, 1.165) is 11.8 Å². The average molecular weight is 211 g/mol. The lowest BCUT2D eigenvalue weighted by Gasteiger charge is -2.31. The van der Waals surface area contributed by atoms with Crippen LogP contribution in [0, 0.1) is 11.8 Å². The van der Waals surface area contributed by atoms with Gasteiger partial charge in [-0.1, -0.05) is 52.4 Å². The van der Waals surface area contributed by atoms with Crippen LogP contribution in [0.15, 0.2) is 0 Å². The first-order valence-corrected chi connectivity index (χ1v) is 7.09. The Labute approximate surface area is 96.0 Å². The molecule has 0 spiro atoms. The molecule has 0 bridgehead atoms. The molecule has 1 heteroatoms.